The number of anilines is 1. The minimum absolute atomic E-state index is 0.203. The third kappa shape index (κ3) is 3.46. The lowest BCUT2D eigenvalue weighted by molar-refractivity contribution is -0.111. The molecule has 0 bridgehead atoms. The van der Waals surface area contributed by atoms with Gasteiger partial charge in [-0.1, -0.05) is 0 Å². The van der Waals surface area contributed by atoms with E-state index in [0.717, 1.165) is 11.8 Å². The van der Waals surface area contributed by atoms with Crippen molar-refractivity contribution in [1.29, 1.82) is 0 Å². The first-order valence-corrected chi connectivity index (χ1v) is 8.68. The second kappa shape index (κ2) is 5.94. The molecule has 0 saturated carbocycles. The number of amides is 1. The Labute approximate surface area is 133 Å². The molecule has 120 valence electrons. The van der Waals surface area contributed by atoms with Crippen LogP contribution in [0.25, 0.3) is 6.08 Å². The van der Waals surface area contributed by atoms with Crippen molar-refractivity contribution in [2.24, 2.45) is 0 Å². The maximum atomic E-state index is 12.0. The second-order valence-corrected chi connectivity index (χ2v) is 7.15. The van der Waals surface area contributed by atoms with Crippen LogP contribution in [0, 0.1) is 0 Å². The Morgan fingerprint density at radius 1 is 1.35 bits per heavy atom. The van der Waals surface area contributed by atoms with Gasteiger partial charge in [0.25, 0.3) is 0 Å². The van der Waals surface area contributed by atoms with Crippen molar-refractivity contribution < 1.29 is 13.2 Å². The van der Waals surface area contributed by atoms with Gasteiger partial charge < -0.3 is 5.32 Å². The van der Waals surface area contributed by atoms with Crippen LogP contribution in [0.15, 0.2) is 30.6 Å². The first-order valence-electron chi connectivity index (χ1n) is 6.84. The molecule has 1 aliphatic rings. The molecule has 0 unspecified atom stereocenters. The summed E-state index contributed by atoms with van der Waals surface area (Å²) >= 11 is 0. The van der Waals surface area contributed by atoms with Crippen molar-refractivity contribution in [2.45, 2.75) is 13.1 Å². The molecule has 0 spiro atoms. The average Bonchev–Trinajstić information content (AvgIpc) is 3.08. The molecular formula is C14H15N5O3S. The number of aromatic amines is 1. The largest absolute Gasteiger partial charge is 0.305 e. The fourth-order valence-corrected chi connectivity index (χ4v) is 2.98. The standard InChI is InChI=1S/C14H15N5O3S/c1-23(21,22)19-8-11-12(9-19)17-18-14(11)16-13(20)3-2-10-4-6-15-7-5-10/h2-7H,8-9H2,1H3,(H2,16,17,18,20). The summed E-state index contributed by atoms with van der Waals surface area (Å²) in [7, 11) is -3.28. The summed E-state index contributed by atoms with van der Waals surface area (Å²) in [6.45, 7) is 0.443. The molecule has 0 saturated heterocycles. The van der Waals surface area contributed by atoms with Crippen LogP contribution in [0.5, 0.6) is 0 Å². The van der Waals surface area contributed by atoms with Gasteiger partial charge in [-0.05, 0) is 23.8 Å². The Morgan fingerprint density at radius 3 is 2.78 bits per heavy atom. The van der Waals surface area contributed by atoms with E-state index < -0.39 is 10.0 Å². The van der Waals surface area contributed by atoms with E-state index in [0.29, 0.717) is 17.1 Å². The second-order valence-electron chi connectivity index (χ2n) is 5.16. The van der Waals surface area contributed by atoms with Gasteiger partial charge in [0.05, 0.1) is 18.5 Å². The smallest absolute Gasteiger partial charge is 0.249 e. The van der Waals surface area contributed by atoms with Crippen LogP contribution in [-0.2, 0) is 27.9 Å². The summed E-state index contributed by atoms with van der Waals surface area (Å²) in [5.41, 5.74) is 2.25. The number of hydrogen-bond acceptors (Lipinski definition) is 5. The van der Waals surface area contributed by atoms with Gasteiger partial charge in [0.1, 0.15) is 0 Å². The highest BCUT2D eigenvalue weighted by atomic mass is 32.2. The molecule has 0 atom stereocenters. The highest BCUT2D eigenvalue weighted by Crippen LogP contribution is 2.28. The molecule has 23 heavy (non-hydrogen) atoms. The Kier molecular flexibility index (Phi) is 3.97. The molecule has 3 rings (SSSR count). The number of carbonyl (C=O) groups excluding carboxylic acids is 1. The van der Waals surface area contributed by atoms with E-state index in [1.54, 1.807) is 30.6 Å². The van der Waals surface area contributed by atoms with Crippen molar-refractivity contribution in [2.75, 3.05) is 11.6 Å². The summed E-state index contributed by atoms with van der Waals surface area (Å²) in [5, 5.41) is 9.45. The molecule has 1 amide bonds. The normalized spacial score (nSPS) is 15.0. The number of rotatable bonds is 4. The van der Waals surface area contributed by atoms with Gasteiger partial charge in [0.2, 0.25) is 15.9 Å². The highest BCUT2D eigenvalue weighted by Gasteiger charge is 2.30. The van der Waals surface area contributed by atoms with Crippen molar-refractivity contribution in [3.05, 3.63) is 47.4 Å². The summed E-state index contributed by atoms with van der Waals surface area (Å²) in [6, 6.07) is 3.56. The lowest BCUT2D eigenvalue weighted by atomic mass is 10.2. The van der Waals surface area contributed by atoms with E-state index in [1.807, 2.05) is 0 Å². The van der Waals surface area contributed by atoms with E-state index in [1.165, 1.54) is 10.4 Å². The molecule has 8 nitrogen and oxygen atoms in total. The maximum Gasteiger partial charge on any atom is 0.249 e. The van der Waals surface area contributed by atoms with E-state index in [-0.39, 0.29) is 19.0 Å². The number of sulfonamides is 1. The first-order chi connectivity index (χ1) is 10.9. The van der Waals surface area contributed by atoms with Crippen molar-refractivity contribution in [1.82, 2.24) is 19.5 Å². The van der Waals surface area contributed by atoms with Crippen molar-refractivity contribution in [3.63, 3.8) is 0 Å². The van der Waals surface area contributed by atoms with Crippen LogP contribution in [-0.4, -0.2) is 40.1 Å². The molecule has 0 radical (unpaired) electrons. The number of fused-ring (bicyclic) bond motifs is 1. The number of aromatic nitrogens is 3. The lowest BCUT2D eigenvalue weighted by Gasteiger charge is -2.11. The zero-order valence-corrected chi connectivity index (χ0v) is 13.2. The van der Waals surface area contributed by atoms with Crippen LogP contribution in [0.3, 0.4) is 0 Å². The molecule has 2 N–H and O–H groups in total. The summed E-state index contributed by atoms with van der Waals surface area (Å²) < 4.78 is 24.5. The Balaban J connectivity index is 1.69. The number of pyridine rings is 1. The molecule has 1 aliphatic heterocycles. The average molecular weight is 333 g/mol. The highest BCUT2D eigenvalue weighted by molar-refractivity contribution is 7.88. The third-order valence-electron chi connectivity index (χ3n) is 3.47. The maximum absolute atomic E-state index is 12.0. The van der Waals surface area contributed by atoms with Crippen LogP contribution >= 0.6 is 0 Å². The fourth-order valence-electron chi connectivity index (χ4n) is 2.25. The fraction of sp³-hybridized carbons (Fsp3) is 0.214. The van der Waals surface area contributed by atoms with Crippen molar-refractivity contribution in [3.8, 4) is 0 Å². The molecule has 9 heteroatoms. The number of nitrogens with zero attached hydrogens (tertiary/aromatic N) is 3. The topological polar surface area (TPSA) is 108 Å². The number of H-pyrrole nitrogens is 1. The SMILES string of the molecule is CS(=O)(=O)N1Cc2[nH]nc(NC(=O)C=Cc3ccncc3)c2C1. The zero-order chi connectivity index (χ0) is 16.4. The van der Waals surface area contributed by atoms with Gasteiger partial charge in [-0.25, -0.2) is 8.42 Å². The minimum atomic E-state index is -3.28. The predicted molar refractivity (Wildman–Crippen MR) is 84.6 cm³/mol. The van der Waals surface area contributed by atoms with Gasteiger partial charge in [0.15, 0.2) is 5.82 Å². The van der Waals surface area contributed by atoms with Crippen LogP contribution in [0.1, 0.15) is 16.8 Å². The van der Waals surface area contributed by atoms with Crippen LogP contribution < -0.4 is 5.32 Å². The molecular weight excluding hydrogens is 318 g/mol. The van der Waals surface area contributed by atoms with Crippen LogP contribution in [0.2, 0.25) is 0 Å². The van der Waals surface area contributed by atoms with E-state index in [2.05, 4.69) is 20.5 Å². The summed E-state index contributed by atoms with van der Waals surface area (Å²) in [5.74, 6) is 0.0180. The Hall–Kier alpha value is -2.52. The molecule has 2 aromatic rings. The molecule has 0 aromatic carbocycles. The van der Waals surface area contributed by atoms with E-state index in [9.17, 15) is 13.2 Å². The van der Waals surface area contributed by atoms with Crippen LogP contribution in [0.4, 0.5) is 5.82 Å². The Bertz CT molecular complexity index is 858. The zero-order valence-electron chi connectivity index (χ0n) is 12.4. The quantitative estimate of drug-likeness (QED) is 0.802. The number of nitrogens with one attached hydrogen (secondary N) is 2. The summed E-state index contributed by atoms with van der Waals surface area (Å²) in [6.07, 6.45) is 7.48. The molecule has 3 heterocycles. The molecule has 0 fully saturated rings. The third-order valence-corrected chi connectivity index (χ3v) is 4.66. The van der Waals surface area contributed by atoms with Gasteiger partial charge in [-0.15, -0.1) is 0 Å². The monoisotopic (exact) mass is 333 g/mol. The molecule has 2 aromatic heterocycles. The number of carbonyl (C=O) groups is 1. The predicted octanol–water partition coefficient (Wildman–Crippen LogP) is 0.732. The summed E-state index contributed by atoms with van der Waals surface area (Å²) in [4.78, 5) is 15.9. The number of hydrogen-bond donors (Lipinski definition) is 2. The van der Waals surface area contributed by atoms with Gasteiger partial charge >= 0.3 is 0 Å². The Morgan fingerprint density at radius 2 is 2.09 bits per heavy atom. The molecule has 0 aliphatic carbocycles. The minimum Gasteiger partial charge on any atom is -0.305 e. The van der Waals surface area contributed by atoms with E-state index >= 15 is 0 Å². The van der Waals surface area contributed by atoms with Gasteiger partial charge in [-0.2, -0.15) is 9.40 Å². The van der Waals surface area contributed by atoms with Gasteiger partial charge in [0, 0.05) is 30.6 Å². The lowest BCUT2D eigenvalue weighted by Crippen LogP contribution is -2.24. The van der Waals surface area contributed by atoms with E-state index in [4.69, 9.17) is 0 Å². The van der Waals surface area contributed by atoms with Crippen molar-refractivity contribution >= 4 is 27.8 Å². The first kappa shape index (κ1) is 15.4. The van der Waals surface area contributed by atoms with Gasteiger partial charge in [-0.3, -0.25) is 14.9 Å².